The normalized spacial score (nSPS) is 24.2. The van der Waals surface area contributed by atoms with Gasteiger partial charge in [-0.1, -0.05) is 26.2 Å². The van der Waals surface area contributed by atoms with E-state index in [-0.39, 0.29) is 0 Å². The standard InChI is InChI=1S/C15H25N3S/c1-12-5-3-4-6-14(12)10-18-15(16-2)17-9-13-7-8-19-11-13/h7-8,11-12,14H,3-6,9-10H2,1-2H3,(H2,16,17,18). The van der Waals surface area contributed by atoms with Gasteiger partial charge in [-0.2, -0.15) is 11.3 Å². The lowest BCUT2D eigenvalue weighted by Crippen LogP contribution is -2.41. The summed E-state index contributed by atoms with van der Waals surface area (Å²) in [5, 5.41) is 11.1. The van der Waals surface area contributed by atoms with E-state index in [0.717, 1.165) is 30.9 Å². The van der Waals surface area contributed by atoms with Gasteiger partial charge in [0.1, 0.15) is 0 Å². The van der Waals surface area contributed by atoms with Crippen molar-refractivity contribution in [2.24, 2.45) is 16.8 Å². The Morgan fingerprint density at radius 2 is 2.21 bits per heavy atom. The molecule has 3 nitrogen and oxygen atoms in total. The molecule has 0 saturated heterocycles. The molecule has 2 rings (SSSR count). The lowest BCUT2D eigenvalue weighted by molar-refractivity contribution is 0.256. The molecule has 4 heteroatoms. The molecule has 0 aliphatic heterocycles. The van der Waals surface area contributed by atoms with Gasteiger partial charge in [0.25, 0.3) is 0 Å². The van der Waals surface area contributed by atoms with Crippen molar-refractivity contribution in [2.75, 3.05) is 13.6 Å². The number of nitrogens with zero attached hydrogens (tertiary/aromatic N) is 1. The molecule has 106 valence electrons. The van der Waals surface area contributed by atoms with Crippen molar-refractivity contribution in [3.8, 4) is 0 Å². The predicted octanol–water partition coefficient (Wildman–Crippen LogP) is 3.24. The van der Waals surface area contributed by atoms with Crippen LogP contribution in [0.4, 0.5) is 0 Å². The van der Waals surface area contributed by atoms with Crippen molar-refractivity contribution >= 4 is 17.3 Å². The SMILES string of the molecule is CN=C(NCc1ccsc1)NCC1CCCCC1C. The zero-order valence-electron chi connectivity index (χ0n) is 12.0. The number of aliphatic imine (C=N–C) groups is 1. The molecule has 1 aromatic rings. The van der Waals surface area contributed by atoms with Gasteiger partial charge in [-0.05, 0) is 40.6 Å². The van der Waals surface area contributed by atoms with E-state index >= 15 is 0 Å². The van der Waals surface area contributed by atoms with Crippen LogP contribution >= 0.6 is 11.3 Å². The van der Waals surface area contributed by atoms with Crippen LogP contribution in [-0.4, -0.2) is 19.6 Å². The molecule has 0 bridgehead atoms. The smallest absolute Gasteiger partial charge is 0.191 e. The number of thiophene rings is 1. The third-order valence-corrected chi connectivity index (χ3v) is 4.82. The van der Waals surface area contributed by atoms with Gasteiger partial charge in [-0.15, -0.1) is 0 Å². The van der Waals surface area contributed by atoms with Gasteiger partial charge in [0, 0.05) is 20.1 Å². The molecule has 1 aliphatic carbocycles. The molecular formula is C15H25N3S. The number of hydrogen-bond acceptors (Lipinski definition) is 2. The molecule has 2 N–H and O–H groups in total. The maximum absolute atomic E-state index is 4.29. The summed E-state index contributed by atoms with van der Waals surface area (Å²) < 4.78 is 0. The summed E-state index contributed by atoms with van der Waals surface area (Å²) in [4.78, 5) is 4.29. The van der Waals surface area contributed by atoms with Crippen LogP contribution in [0.25, 0.3) is 0 Å². The highest BCUT2D eigenvalue weighted by Gasteiger charge is 2.21. The van der Waals surface area contributed by atoms with Crippen molar-refractivity contribution in [3.63, 3.8) is 0 Å². The fourth-order valence-corrected chi connectivity index (χ4v) is 3.39. The van der Waals surface area contributed by atoms with Crippen LogP contribution in [0.1, 0.15) is 38.2 Å². The molecule has 1 heterocycles. The van der Waals surface area contributed by atoms with E-state index in [9.17, 15) is 0 Å². The Hall–Kier alpha value is -1.03. The van der Waals surface area contributed by atoms with Crippen LogP contribution in [0.2, 0.25) is 0 Å². The van der Waals surface area contributed by atoms with E-state index in [0.29, 0.717) is 0 Å². The van der Waals surface area contributed by atoms with Crippen molar-refractivity contribution < 1.29 is 0 Å². The summed E-state index contributed by atoms with van der Waals surface area (Å²) in [5.74, 6) is 2.56. The van der Waals surface area contributed by atoms with Crippen LogP contribution in [0.3, 0.4) is 0 Å². The van der Waals surface area contributed by atoms with Gasteiger partial charge in [0.05, 0.1) is 0 Å². The van der Waals surface area contributed by atoms with Gasteiger partial charge in [-0.3, -0.25) is 4.99 Å². The van der Waals surface area contributed by atoms with Crippen molar-refractivity contribution in [3.05, 3.63) is 22.4 Å². The Morgan fingerprint density at radius 1 is 1.37 bits per heavy atom. The zero-order chi connectivity index (χ0) is 13.5. The highest BCUT2D eigenvalue weighted by Crippen LogP contribution is 2.28. The lowest BCUT2D eigenvalue weighted by atomic mass is 9.80. The van der Waals surface area contributed by atoms with Crippen molar-refractivity contribution in [1.82, 2.24) is 10.6 Å². The minimum atomic E-state index is 0.799. The van der Waals surface area contributed by atoms with E-state index in [4.69, 9.17) is 0 Å². The summed E-state index contributed by atoms with van der Waals surface area (Å²) >= 11 is 1.73. The molecule has 1 aromatic heterocycles. The topological polar surface area (TPSA) is 36.4 Å². The molecule has 1 saturated carbocycles. The van der Waals surface area contributed by atoms with E-state index < -0.39 is 0 Å². The summed E-state index contributed by atoms with van der Waals surface area (Å²) in [7, 11) is 1.84. The molecule has 0 spiro atoms. The van der Waals surface area contributed by atoms with Crippen LogP contribution in [-0.2, 0) is 6.54 Å². The third-order valence-electron chi connectivity index (χ3n) is 4.08. The second-order valence-electron chi connectivity index (χ2n) is 5.46. The number of nitrogens with one attached hydrogen (secondary N) is 2. The molecule has 0 aromatic carbocycles. The third kappa shape index (κ3) is 4.53. The minimum Gasteiger partial charge on any atom is -0.356 e. The zero-order valence-corrected chi connectivity index (χ0v) is 12.8. The van der Waals surface area contributed by atoms with E-state index in [1.165, 1.54) is 31.2 Å². The van der Waals surface area contributed by atoms with Crippen molar-refractivity contribution in [2.45, 2.75) is 39.2 Å². The molecular weight excluding hydrogens is 254 g/mol. The van der Waals surface area contributed by atoms with Gasteiger partial charge in [0.15, 0.2) is 5.96 Å². The van der Waals surface area contributed by atoms with Gasteiger partial charge in [0.2, 0.25) is 0 Å². The predicted molar refractivity (Wildman–Crippen MR) is 83.6 cm³/mol. The van der Waals surface area contributed by atoms with Crippen LogP contribution in [0.15, 0.2) is 21.8 Å². The Bertz CT molecular complexity index is 386. The van der Waals surface area contributed by atoms with Gasteiger partial charge >= 0.3 is 0 Å². The molecule has 2 unspecified atom stereocenters. The highest BCUT2D eigenvalue weighted by molar-refractivity contribution is 7.07. The summed E-state index contributed by atoms with van der Waals surface area (Å²) in [6, 6.07) is 2.15. The number of rotatable bonds is 4. The van der Waals surface area contributed by atoms with Gasteiger partial charge in [-0.25, -0.2) is 0 Å². The Kier molecular flexibility index (Phi) is 5.70. The molecule has 1 aliphatic rings. The maximum atomic E-state index is 4.29. The second kappa shape index (κ2) is 7.53. The Balaban J connectivity index is 1.73. The first-order chi connectivity index (χ1) is 9.29. The second-order valence-corrected chi connectivity index (χ2v) is 6.24. The van der Waals surface area contributed by atoms with Gasteiger partial charge < -0.3 is 10.6 Å². The fraction of sp³-hybridized carbons (Fsp3) is 0.667. The summed E-state index contributed by atoms with van der Waals surface area (Å²) in [6.07, 6.45) is 5.53. The van der Waals surface area contributed by atoms with Crippen LogP contribution in [0.5, 0.6) is 0 Å². The molecule has 0 amide bonds. The first-order valence-corrected chi connectivity index (χ1v) is 8.19. The number of hydrogen-bond donors (Lipinski definition) is 2. The first kappa shape index (κ1) is 14.4. The van der Waals surface area contributed by atoms with E-state index in [1.54, 1.807) is 11.3 Å². The molecule has 19 heavy (non-hydrogen) atoms. The maximum Gasteiger partial charge on any atom is 0.191 e. The summed E-state index contributed by atoms with van der Waals surface area (Å²) in [5.41, 5.74) is 1.32. The molecule has 1 fully saturated rings. The van der Waals surface area contributed by atoms with Crippen LogP contribution in [0, 0.1) is 11.8 Å². The average Bonchev–Trinajstić information content (AvgIpc) is 2.94. The molecule has 0 radical (unpaired) electrons. The average molecular weight is 279 g/mol. The van der Waals surface area contributed by atoms with E-state index in [1.807, 2.05) is 7.05 Å². The Morgan fingerprint density at radius 3 is 2.89 bits per heavy atom. The monoisotopic (exact) mass is 279 g/mol. The first-order valence-electron chi connectivity index (χ1n) is 7.25. The fourth-order valence-electron chi connectivity index (χ4n) is 2.72. The highest BCUT2D eigenvalue weighted by atomic mass is 32.1. The summed E-state index contributed by atoms with van der Waals surface area (Å²) in [6.45, 7) is 4.28. The van der Waals surface area contributed by atoms with E-state index in [2.05, 4.69) is 39.4 Å². The van der Waals surface area contributed by atoms with Crippen molar-refractivity contribution in [1.29, 1.82) is 0 Å². The number of guanidine groups is 1. The largest absolute Gasteiger partial charge is 0.356 e. The quantitative estimate of drug-likeness (QED) is 0.656. The lowest BCUT2D eigenvalue weighted by Gasteiger charge is -2.29. The van der Waals surface area contributed by atoms with Crippen LogP contribution < -0.4 is 10.6 Å². The minimum absolute atomic E-state index is 0.799. The molecule has 2 atom stereocenters. The Labute approximate surface area is 120 Å².